The van der Waals surface area contributed by atoms with Gasteiger partial charge in [-0.25, -0.2) is 8.42 Å². The van der Waals surface area contributed by atoms with Crippen LogP contribution in [0.5, 0.6) is 11.5 Å². The zero-order chi connectivity index (χ0) is 21.8. The molecule has 0 amide bonds. The molecule has 8 heteroatoms. The van der Waals surface area contributed by atoms with Crippen molar-refractivity contribution < 1.29 is 17.7 Å². The van der Waals surface area contributed by atoms with Gasteiger partial charge < -0.3 is 14.6 Å². The van der Waals surface area contributed by atoms with E-state index in [1.807, 2.05) is 44.2 Å². The number of nitrogens with one attached hydrogen (secondary N) is 1. The molecule has 31 heavy (non-hydrogen) atoms. The molecule has 0 spiro atoms. The van der Waals surface area contributed by atoms with E-state index in [1.165, 1.54) is 0 Å². The second-order valence-corrected chi connectivity index (χ2v) is 9.63. The summed E-state index contributed by atoms with van der Waals surface area (Å²) in [5.74, 6) is 1.96. The number of nitrogens with zero attached hydrogens (tertiary/aromatic N) is 2. The summed E-state index contributed by atoms with van der Waals surface area (Å²) in [6.45, 7) is 5.31. The van der Waals surface area contributed by atoms with E-state index in [4.69, 9.17) is 9.26 Å². The van der Waals surface area contributed by atoms with Gasteiger partial charge in [0.15, 0.2) is 5.75 Å². The van der Waals surface area contributed by atoms with Crippen LogP contribution in [0.1, 0.15) is 36.3 Å². The van der Waals surface area contributed by atoms with Crippen LogP contribution in [0.4, 0.5) is 5.69 Å². The number of aromatic nitrogens is 1. The smallest absolute Gasteiger partial charge is 0.243 e. The fourth-order valence-corrected chi connectivity index (χ4v) is 5.25. The topological polar surface area (TPSA) is 84.7 Å². The number of hydrogen-bond acceptors (Lipinski definition) is 6. The van der Waals surface area contributed by atoms with E-state index in [2.05, 4.69) is 10.5 Å². The third-order valence-corrected chi connectivity index (χ3v) is 7.41. The van der Waals surface area contributed by atoms with Gasteiger partial charge in [0.05, 0.1) is 16.3 Å². The molecule has 0 unspecified atom stereocenters. The second-order valence-electron chi connectivity index (χ2n) is 7.69. The molecule has 164 valence electrons. The fourth-order valence-electron chi connectivity index (χ4n) is 3.70. The third kappa shape index (κ3) is 4.75. The largest absolute Gasteiger partial charge is 0.455 e. The summed E-state index contributed by atoms with van der Waals surface area (Å²) in [6, 6.07) is 14.4. The Morgan fingerprint density at radius 1 is 1.06 bits per heavy atom. The van der Waals surface area contributed by atoms with Crippen LogP contribution in [0.15, 0.2) is 57.9 Å². The highest BCUT2D eigenvalue weighted by Crippen LogP contribution is 2.34. The van der Waals surface area contributed by atoms with Crippen molar-refractivity contribution in [3.63, 3.8) is 0 Å². The van der Waals surface area contributed by atoms with Crippen molar-refractivity contribution >= 4 is 15.7 Å². The van der Waals surface area contributed by atoms with E-state index < -0.39 is 10.0 Å². The molecule has 0 saturated carbocycles. The predicted molar refractivity (Wildman–Crippen MR) is 119 cm³/mol. The minimum atomic E-state index is -3.56. The van der Waals surface area contributed by atoms with Crippen LogP contribution >= 0.6 is 0 Å². The molecular weight excluding hydrogens is 414 g/mol. The van der Waals surface area contributed by atoms with Crippen molar-refractivity contribution in [2.45, 2.75) is 44.6 Å². The molecule has 0 radical (unpaired) electrons. The number of hydrogen-bond donors (Lipinski definition) is 1. The Balaban J connectivity index is 1.66. The molecule has 1 fully saturated rings. The van der Waals surface area contributed by atoms with Gasteiger partial charge in [0.1, 0.15) is 11.5 Å². The molecular formula is C23H27N3O4S. The Morgan fingerprint density at radius 2 is 1.81 bits per heavy atom. The lowest BCUT2D eigenvalue weighted by molar-refractivity contribution is 0.346. The molecule has 0 atom stereocenters. The Labute approximate surface area is 183 Å². The number of benzene rings is 2. The highest BCUT2D eigenvalue weighted by molar-refractivity contribution is 7.89. The van der Waals surface area contributed by atoms with Crippen LogP contribution in [-0.2, 0) is 16.6 Å². The maximum absolute atomic E-state index is 13.2. The Kier molecular flexibility index (Phi) is 6.29. The Bertz CT molecular complexity index is 1120. The fraction of sp³-hybridized carbons (Fsp3) is 0.348. The summed E-state index contributed by atoms with van der Waals surface area (Å²) in [7, 11) is -3.56. The van der Waals surface area contributed by atoms with Crippen LogP contribution in [-0.4, -0.2) is 31.0 Å². The second kappa shape index (κ2) is 9.11. The van der Waals surface area contributed by atoms with Crippen molar-refractivity contribution in [2.24, 2.45) is 0 Å². The number of piperidine rings is 1. The monoisotopic (exact) mass is 441 g/mol. The minimum Gasteiger partial charge on any atom is -0.455 e. The molecule has 2 aromatic carbocycles. The van der Waals surface area contributed by atoms with Gasteiger partial charge in [0, 0.05) is 25.2 Å². The van der Waals surface area contributed by atoms with Gasteiger partial charge >= 0.3 is 0 Å². The molecule has 0 aliphatic carbocycles. The SMILES string of the molecule is Cc1noc(C)c1CNc1cc(S(=O)(=O)N2CCCCC2)ccc1Oc1ccccc1. The van der Waals surface area contributed by atoms with Gasteiger partial charge in [-0.3, -0.25) is 0 Å². The average Bonchev–Trinajstić information content (AvgIpc) is 3.11. The first-order valence-electron chi connectivity index (χ1n) is 10.5. The molecule has 1 saturated heterocycles. The molecule has 1 aliphatic heterocycles. The third-order valence-electron chi connectivity index (χ3n) is 5.51. The zero-order valence-corrected chi connectivity index (χ0v) is 18.6. The molecule has 4 rings (SSSR count). The normalized spacial score (nSPS) is 15.0. The summed E-state index contributed by atoms with van der Waals surface area (Å²) >= 11 is 0. The molecule has 7 nitrogen and oxygen atoms in total. The first-order chi connectivity index (χ1) is 14.9. The van der Waals surface area contributed by atoms with Crippen molar-refractivity contribution in [2.75, 3.05) is 18.4 Å². The first kappa shape index (κ1) is 21.4. The molecule has 1 aliphatic rings. The lowest BCUT2D eigenvalue weighted by Gasteiger charge is -2.26. The predicted octanol–water partition coefficient (Wildman–Crippen LogP) is 4.87. The van der Waals surface area contributed by atoms with Crippen molar-refractivity contribution in [1.29, 1.82) is 0 Å². The first-order valence-corrected chi connectivity index (χ1v) is 11.9. The number of aryl methyl sites for hydroxylation is 2. The van der Waals surface area contributed by atoms with E-state index in [0.29, 0.717) is 36.8 Å². The minimum absolute atomic E-state index is 0.260. The van der Waals surface area contributed by atoms with Crippen molar-refractivity contribution in [1.82, 2.24) is 9.46 Å². The molecule has 1 N–H and O–H groups in total. The number of para-hydroxylation sites is 1. The molecule has 2 heterocycles. The maximum atomic E-state index is 13.2. The number of rotatable bonds is 7. The van der Waals surface area contributed by atoms with Crippen molar-refractivity contribution in [3.05, 3.63) is 65.5 Å². The Hall–Kier alpha value is -2.84. The number of ether oxygens (including phenoxy) is 1. The van der Waals surface area contributed by atoms with E-state index >= 15 is 0 Å². The van der Waals surface area contributed by atoms with E-state index in [0.717, 1.165) is 36.3 Å². The molecule has 1 aromatic heterocycles. The van der Waals surface area contributed by atoms with Crippen LogP contribution < -0.4 is 10.1 Å². The standard InChI is InChI=1S/C23H27N3O4S/c1-17-21(18(2)30-25-17)16-24-22-15-20(31(27,28)26-13-7-4-8-14-26)11-12-23(22)29-19-9-5-3-6-10-19/h3,5-6,9-12,15,24H,4,7-8,13-14,16H2,1-2H3. The maximum Gasteiger partial charge on any atom is 0.243 e. The average molecular weight is 442 g/mol. The van der Waals surface area contributed by atoms with Gasteiger partial charge in [-0.1, -0.05) is 29.8 Å². The highest BCUT2D eigenvalue weighted by atomic mass is 32.2. The molecule has 0 bridgehead atoms. The van der Waals surface area contributed by atoms with Crippen molar-refractivity contribution in [3.8, 4) is 11.5 Å². The van der Waals surface area contributed by atoms with Crippen LogP contribution in [0.2, 0.25) is 0 Å². The van der Waals surface area contributed by atoms with Crippen LogP contribution in [0, 0.1) is 13.8 Å². The Morgan fingerprint density at radius 3 is 2.48 bits per heavy atom. The lowest BCUT2D eigenvalue weighted by Crippen LogP contribution is -2.35. The van der Waals surface area contributed by atoms with E-state index in [9.17, 15) is 8.42 Å². The summed E-state index contributed by atoms with van der Waals surface area (Å²) in [4.78, 5) is 0.260. The van der Waals surface area contributed by atoms with E-state index in [1.54, 1.807) is 22.5 Å². The number of sulfonamides is 1. The van der Waals surface area contributed by atoms with Gasteiger partial charge in [0.2, 0.25) is 10.0 Å². The lowest BCUT2D eigenvalue weighted by atomic mass is 10.2. The quantitative estimate of drug-likeness (QED) is 0.563. The zero-order valence-electron chi connectivity index (χ0n) is 17.8. The van der Waals surface area contributed by atoms with Gasteiger partial charge in [0.25, 0.3) is 0 Å². The number of anilines is 1. The summed E-state index contributed by atoms with van der Waals surface area (Å²) in [5, 5.41) is 7.31. The van der Waals surface area contributed by atoms with Crippen LogP contribution in [0.25, 0.3) is 0 Å². The van der Waals surface area contributed by atoms with Gasteiger partial charge in [-0.05, 0) is 57.0 Å². The summed E-state index contributed by atoms with van der Waals surface area (Å²) in [5.41, 5.74) is 2.34. The molecule has 3 aromatic rings. The van der Waals surface area contributed by atoms with E-state index in [-0.39, 0.29) is 4.90 Å². The summed E-state index contributed by atoms with van der Waals surface area (Å²) < 4.78 is 39.2. The summed E-state index contributed by atoms with van der Waals surface area (Å²) in [6.07, 6.45) is 2.86. The van der Waals surface area contributed by atoms with Gasteiger partial charge in [-0.2, -0.15) is 4.31 Å². The van der Waals surface area contributed by atoms with Gasteiger partial charge in [-0.15, -0.1) is 0 Å². The highest BCUT2D eigenvalue weighted by Gasteiger charge is 2.27. The van der Waals surface area contributed by atoms with Crippen LogP contribution in [0.3, 0.4) is 0 Å².